The molecular weight excluding hydrogens is 372 g/mol. The lowest BCUT2D eigenvalue weighted by Gasteiger charge is -2.27. The number of esters is 1. The highest BCUT2D eigenvalue weighted by Gasteiger charge is 2.21. The minimum Gasteiger partial charge on any atom is -0.494 e. The smallest absolute Gasteiger partial charge is 0.410 e. The molecule has 1 aromatic rings. The summed E-state index contributed by atoms with van der Waals surface area (Å²) in [5, 5.41) is 8.82. The monoisotopic (exact) mass is 404 g/mol. The minimum atomic E-state index is -0.556. The molecular formula is C22H32N2O5. The van der Waals surface area contributed by atoms with Gasteiger partial charge in [0.1, 0.15) is 11.4 Å². The van der Waals surface area contributed by atoms with Crippen LogP contribution in [0.2, 0.25) is 0 Å². The molecule has 0 aromatic heterocycles. The average molecular weight is 405 g/mol. The van der Waals surface area contributed by atoms with Crippen molar-refractivity contribution in [3.63, 3.8) is 0 Å². The molecule has 1 amide bonds. The molecule has 7 nitrogen and oxygen atoms in total. The Bertz CT molecular complexity index is 674. The van der Waals surface area contributed by atoms with Crippen LogP contribution in [0, 0.1) is 11.3 Å². The number of hydrogen-bond acceptors (Lipinski definition) is 6. The second-order valence-electron chi connectivity index (χ2n) is 7.69. The van der Waals surface area contributed by atoms with Gasteiger partial charge in [0.15, 0.2) is 0 Å². The van der Waals surface area contributed by atoms with Crippen molar-refractivity contribution in [2.24, 2.45) is 0 Å². The molecule has 1 aromatic carbocycles. The molecule has 0 fully saturated rings. The molecule has 7 heteroatoms. The van der Waals surface area contributed by atoms with E-state index in [2.05, 4.69) is 10.8 Å². The lowest BCUT2D eigenvalue weighted by molar-refractivity contribution is -0.140. The number of unbranched alkanes of at least 4 members (excludes halogenated alkanes) is 2. The molecule has 1 rings (SSSR count). The Kier molecular flexibility index (Phi) is 10.6. The van der Waals surface area contributed by atoms with Gasteiger partial charge in [0.25, 0.3) is 0 Å². The number of benzene rings is 1. The van der Waals surface area contributed by atoms with E-state index in [-0.39, 0.29) is 12.1 Å². The van der Waals surface area contributed by atoms with Crippen molar-refractivity contribution < 1.29 is 23.8 Å². The van der Waals surface area contributed by atoms with Gasteiger partial charge in [-0.25, -0.2) is 4.79 Å². The number of rotatable bonds is 11. The van der Waals surface area contributed by atoms with Crippen molar-refractivity contribution in [2.75, 3.05) is 26.8 Å². The number of hydrogen-bond donors (Lipinski definition) is 0. The zero-order valence-corrected chi connectivity index (χ0v) is 17.9. The zero-order valence-electron chi connectivity index (χ0n) is 17.9. The van der Waals surface area contributed by atoms with E-state index in [9.17, 15) is 9.59 Å². The summed E-state index contributed by atoms with van der Waals surface area (Å²) in [5.74, 6) is 0.476. The first kappa shape index (κ1) is 24.3. The summed E-state index contributed by atoms with van der Waals surface area (Å²) >= 11 is 0. The molecule has 0 bridgehead atoms. The third-order valence-electron chi connectivity index (χ3n) is 4.01. The third kappa shape index (κ3) is 11.0. The number of amides is 1. The quantitative estimate of drug-likeness (QED) is 0.404. The number of carbonyl (C=O) groups is 2. The Morgan fingerprint density at radius 3 is 2.28 bits per heavy atom. The van der Waals surface area contributed by atoms with Gasteiger partial charge in [-0.1, -0.05) is 6.42 Å². The maximum atomic E-state index is 12.5. The molecule has 0 radical (unpaired) electrons. The molecule has 0 spiro atoms. The molecule has 0 atom stereocenters. The van der Waals surface area contributed by atoms with Gasteiger partial charge in [-0.05, 0) is 64.3 Å². The number of carbonyl (C=O) groups excluding carboxylic acids is 2. The SMILES string of the molecule is COC(=O)CCCCCN(CCCOc1ccc(C#N)cc1)C(=O)OC(C)(C)C. The summed E-state index contributed by atoms with van der Waals surface area (Å²) in [4.78, 5) is 25.3. The van der Waals surface area contributed by atoms with E-state index in [0.29, 0.717) is 43.9 Å². The summed E-state index contributed by atoms with van der Waals surface area (Å²) < 4.78 is 15.8. The summed E-state index contributed by atoms with van der Waals surface area (Å²) in [7, 11) is 1.38. The van der Waals surface area contributed by atoms with Crippen LogP contribution in [0.25, 0.3) is 0 Å². The lowest BCUT2D eigenvalue weighted by atomic mass is 10.2. The highest BCUT2D eigenvalue weighted by Crippen LogP contribution is 2.14. The fraction of sp³-hybridized carbons (Fsp3) is 0.591. The Balaban J connectivity index is 2.44. The summed E-state index contributed by atoms with van der Waals surface area (Å²) in [6.07, 6.45) is 3.05. The predicted octanol–water partition coefficient (Wildman–Crippen LogP) is 4.30. The topological polar surface area (TPSA) is 88.9 Å². The molecule has 0 saturated heterocycles. The summed E-state index contributed by atoms with van der Waals surface area (Å²) in [6, 6.07) is 8.99. The Hall–Kier alpha value is -2.75. The van der Waals surface area contributed by atoms with Crippen LogP contribution in [0.4, 0.5) is 4.79 Å². The molecule has 0 aliphatic carbocycles. The van der Waals surface area contributed by atoms with Gasteiger partial charge in [-0.2, -0.15) is 5.26 Å². The predicted molar refractivity (Wildman–Crippen MR) is 110 cm³/mol. The fourth-order valence-electron chi connectivity index (χ4n) is 2.54. The molecule has 0 aliphatic heterocycles. The molecule has 0 N–H and O–H groups in total. The first-order valence-electron chi connectivity index (χ1n) is 9.93. The van der Waals surface area contributed by atoms with E-state index in [1.807, 2.05) is 20.8 Å². The third-order valence-corrected chi connectivity index (χ3v) is 4.01. The van der Waals surface area contributed by atoms with Gasteiger partial charge in [-0.15, -0.1) is 0 Å². The zero-order chi connectivity index (χ0) is 21.7. The number of ether oxygens (including phenoxy) is 3. The van der Waals surface area contributed by atoms with Gasteiger partial charge in [0.2, 0.25) is 0 Å². The largest absolute Gasteiger partial charge is 0.494 e. The lowest BCUT2D eigenvalue weighted by Crippen LogP contribution is -2.38. The van der Waals surface area contributed by atoms with Crippen molar-refractivity contribution in [2.45, 2.75) is 58.5 Å². The minimum absolute atomic E-state index is 0.214. The van der Waals surface area contributed by atoms with Crippen molar-refractivity contribution >= 4 is 12.1 Å². The van der Waals surface area contributed by atoms with Crippen LogP contribution in [-0.2, 0) is 14.3 Å². The van der Waals surface area contributed by atoms with Crippen molar-refractivity contribution in [1.82, 2.24) is 4.90 Å². The molecule has 160 valence electrons. The second-order valence-corrected chi connectivity index (χ2v) is 7.69. The van der Waals surface area contributed by atoms with Gasteiger partial charge in [0, 0.05) is 19.5 Å². The van der Waals surface area contributed by atoms with Crippen molar-refractivity contribution in [3.05, 3.63) is 29.8 Å². The van der Waals surface area contributed by atoms with E-state index < -0.39 is 5.60 Å². The van der Waals surface area contributed by atoms with E-state index in [4.69, 9.17) is 14.7 Å². The first-order valence-corrected chi connectivity index (χ1v) is 9.93. The van der Waals surface area contributed by atoms with Crippen LogP contribution in [0.1, 0.15) is 58.4 Å². The maximum Gasteiger partial charge on any atom is 0.410 e. The number of nitrogens with zero attached hydrogens (tertiary/aromatic N) is 2. The van der Waals surface area contributed by atoms with Crippen molar-refractivity contribution in [3.8, 4) is 11.8 Å². The summed E-state index contributed by atoms with van der Waals surface area (Å²) in [6.45, 7) is 7.05. The van der Waals surface area contributed by atoms with E-state index >= 15 is 0 Å². The Labute approximate surface area is 173 Å². The maximum absolute atomic E-state index is 12.5. The van der Waals surface area contributed by atoms with Gasteiger partial charge in [-0.3, -0.25) is 4.79 Å². The number of methoxy groups -OCH3 is 1. The van der Waals surface area contributed by atoms with Crippen LogP contribution < -0.4 is 4.74 Å². The van der Waals surface area contributed by atoms with Crippen LogP contribution in [-0.4, -0.2) is 49.4 Å². The molecule has 29 heavy (non-hydrogen) atoms. The molecule has 0 unspecified atom stereocenters. The summed E-state index contributed by atoms with van der Waals surface area (Å²) in [5.41, 5.74) is 0.0276. The first-order chi connectivity index (χ1) is 13.7. The normalized spacial score (nSPS) is 10.7. The van der Waals surface area contributed by atoms with E-state index in [1.54, 1.807) is 29.2 Å². The molecule has 0 heterocycles. The van der Waals surface area contributed by atoms with Crippen molar-refractivity contribution in [1.29, 1.82) is 5.26 Å². The van der Waals surface area contributed by atoms with Crippen LogP contribution >= 0.6 is 0 Å². The van der Waals surface area contributed by atoms with Crippen LogP contribution in [0.15, 0.2) is 24.3 Å². The highest BCUT2D eigenvalue weighted by molar-refractivity contribution is 5.69. The van der Waals surface area contributed by atoms with Gasteiger partial charge in [0.05, 0.1) is 25.3 Å². The van der Waals surface area contributed by atoms with Crippen LogP contribution in [0.3, 0.4) is 0 Å². The molecule has 0 aliphatic rings. The second kappa shape index (κ2) is 12.7. The average Bonchev–Trinajstić information content (AvgIpc) is 2.68. The van der Waals surface area contributed by atoms with Gasteiger partial charge < -0.3 is 19.1 Å². The Morgan fingerprint density at radius 1 is 1.03 bits per heavy atom. The standard InChI is InChI=1S/C22H32N2O5/c1-22(2,3)29-21(26)24(14-7-5-6-9-20(25)27-4)15-8-16-28-19-12-10-18(17-23)11-13-19/h10-13H,5-9,14-16H2,1-4H3. The Morgan fingerprint density at radius 2 is 1.69 bits per heavy atom. The fourth-order valence-corrected chi connectivity index (χ4v) is 2.54. The van der Waals surface area contributed by atoms with E-state index in [1.165, 1.54) is 7.11 Å². The number of nitriles is 1. The highest BCUT2D eigenvalue weighted by atomic mass is 16.6. The van der Waals surface area contributed by atoms with E-state index in [0.717, 1.165) is 19.3 Å². The van der Waals surface area contributed by atoms with Crippen LogP contribution in [0.5, 0.6) is 5.75 Å². The van der Waals surface area contributed by atoms with Gasteiger partial charge >= 0.3 is 12.1 Å². The molecule has 0 saturated carbocycles.